The molecule has 1 fully saturated rings. The number of nitrogens with zero attached hydrogens (tertiary/aromatic N) is 1. The third kappa shape index (κ3) is 4.54. The largest absolute Gasteiger partial charge is 0.462 e. The summed E-state index contributed by atoms with van der Waals surface area (Å²) in [4.78, 5) is 26.5. The molecule has 0 radical (unpaired) electrons. The van der Waals surface area contributed by atoms with E-state index in [2.05, 4.69) is 0 Å². The molecule has 1 aliphatic heterocycles. The number of benzene rings is 2. The van der Waals surface area contributed by atoms with Crippen molar-refractivity contribution in [3.63, 3.8) is 0 Å². The molecule has 3 rings (SSSR count). The van der Waals surface area contributed by atoms with Crippen molar-refractivity contribution in [3.05, 3.63) is 64.7 Å². The molecule has 0 aromatic heterocycles. The highest BCUT2D eigenvalue weighted by Gasteiger charge is 2.36. The molecule has 0 bridgehead atoms. The van der Waals surface area contributed by atoms with E-state index in [0.717, 1.165) is 0 Å². The molecule has 28 heavy (non-hydrogen) atoms. The van der Waals surface area contributed by atoms with Gasteiger partial charge in [0.25, 0.3) is 5.91 Å². The van der Waals surface area contributed by atoms with E-state index in [1.807, 2.05) is 0 Å². The first-order chi connectivity index (χ1) is 13.3. The third-order valence-electron chi connectivity index (χ3n) is 4.54. The molecule has 2 aromatic carbocycles. The van der Waals surface area contributed by atoms with Gasteiger partial charge < -0.3 is 9.64 Å². The van der Waals surface area contributed by atoms with E-state index in [-0.39, 0.29) is 24.0 Å². The van der Waals surface area contributed by atoms with Crippen LogP contribution in [0.2, 0.25) is 5.02 Å². The number of carbonyl (C=O) groups excluding carboxylic acids is 2. The van der Waals surface area contributed by atoms with Crippen molar-refractivity contribution in [3.8, 4) is 0 Å². The average molecular weight is 422 g/mol. The van der Waals surface area contributed by atoms with Crippen molar-refractivity contribution in [2.75, 3.05) is 23.0 Å². The lowest BCUT2D eigenvalue weighted by molar-refractivity contribution is 0.0526. The molecule has 2 aromatic rings. The molecule has 148 valence electrons. The van der Waals surface area contributed by atoms with E-state index in [1.54, 1.807) is 55.5 Å². The Morgan fingerprint density at radius 1 is 1.07 bits per heavy atom. The first-order valence-electron chi connectivity index (χ1n) is 8.87. The van der Waals surface area contributed by atoms with Gasteiger partial charge in [0.1, 0.15) is 0 Å². The van der Waals surface area contributed by atoms with Crippen LogP contribution in [-0.2, 0) is 14.6 Å². The summed E-state index contributed by atoms with van der Waals surface area (Å²) < 4.78 is 28.9. The maximum atomic E-state index is 13.2. The Hall–Kier alpha value is -2.38. The van der Waals surface area contributed by atoms with Gasteiger partial charge in [-0.2, -0.15) is 0 Å². The van der Waals surface area contributed by atoms with Crippen LogP contribution in [0.1, 0.15) is 34.1 Å². The van der Waals surface area contributed by atoms with Crippen LogP contribution in [0.3, 0.4) is 0 Å². The lowest BCUT2D eigenvalue weighted by Gasteiger charge is -2.28. The van der Waals surface area contributed by atoms with Gasteiger partial charge in [-0.05, 0) is 61.9 Å². The highest BCUT2D eigenvalue weighted by Crippen LogP contribution is 2.27. The Morgan fingerprint density at radius 2 is 1.68 bits per heavy atom. The molecule has 1 heterocycles. The number of amides is 1. The fourth-order valence-electron chi connectivity index (χ4n) is 3.18. The SMILES string of the molecule is CCOC(=O)c1ccc(N(C(=O)c2ccc(Cl)cc2)C2CCS(=O)(=O)C2)cc1. The van der Waals surface area contributed by atoms with Gasteiger partial charge >= 0.3 is 5.97 Å². The molecular formula is C20H20ClNO5S. The molecule has 8 heteroatoms. The standard InChI is InChI=1S/C20H20ClNO5S/c1-2-27-20(24)15-5-9-17(10-6-15)22(18-11-12-28(25,26)13-18)19(23)14-3-7-16(21)8-4-14/h3-10,18H,2,11-13H2,1H3. The number of ether oxygens (including phenoxy) is 1. The van der Waals surface area contributed by atoms with Gasteiger partial charge in [0.15, 0.2) is 9.84 Å². The predicted octanol–water partition coefficient (Wildman–Crippen LogP) is 3.35. The van der Waals surface area contributed by atoms with E-state index >= 15 is 0 Å². The Morgan fingerprint density at radius 3 is 2.21 bits per heavy atom. The zero-order valence-corrected chi connectivity index (χ0v) is 16.9. The van der Waals surface area contributed by atoms with Crippen LogP contribution in [0.5, 0.6) is 0 Å². The smallest absolute Gasteiger partial charge is 0.338 e. The fraction of sp³-hybridized carbons (Fsp3) is 0.300. The molecule has 1 saturated heterocycles. The second kappa shape index (κ2) is 8.32. The van der Waals surface area contributed by atoms with Crippen LogP contribution in [0.4, 0.5) is 5.69 Å². The monoisotopic (exact) mass is 421 g/mol. The van der Waals surface area contributed by atoms with Crippen molar-refractivity contribution >= 4 is 39.0 Å². The summed E-state index contributed by atoms with van der Waals surface area (Å²) in [7, 11) is -3.19. The zero-order valence-electron chi connectivity index (χ0n) is 15.3. The minimum Gasteiger partial charge on any atom is -0.462 e. The number of esters is 1. The molecule has 0 saturated carbocycles. The molecule has 0 aliphatic carbocycles. The minimum atomic E-state index is -3.19. The summed E-state index contributed by atoms with van der Waals surface area (Å²) in [5, 5.41) is 0.505. The number of hydrogen-bond donors (Lipinski definition) is 0. The zero-order chi connectivity index (χ0) is 20.3. The number of sulfone groups is 1. The number of rotatable bonds is 5. The molecule has 0 spiro atoms. The summed E-state index contributed by atoms with van der Waals surface area (Å²) >= 11 is 5.90. The minimum absolute atomic E-state index is 0.0446. The topological polar surface area (TPSA) is 80.8 Å². The quantitative estimate of drug-likeness (QED) is 0.691. The molecule has 1 amide bonds. The average Bonchev–Trinajstić information content (AvgIpc) is 3.02. The normalized spacial score (nSPS) is 17.9. The summed E-state index contributed by atoms with van der Waals surface area (Å²) in [5.74, 6) is -0.815. The Bertz CT molecular complexity index is 971. The lowest BCUT2D eigenvalue weighted by atomic mass is 10.1. The number of halogens is 1. The van der Waals surface area contributed by atoms with Crippen molar-refractivity contribution in [2.45, 2.75) is 19.4 Å². The summed E-state index contributed by atoms with van der Waals surface area (Å²) in [6.45, 7) is 1.99. The third-order valence-corrected chi connectivity index (χ3v) is 6.54. The van der Waals surface area contributed by atoms with E-state index in [4.69, 9.17) is 16.3 Å². The van der Waals surface area contributed by atoms with E-state index in [9.17, 15) is 18.0 Å². The molecular weight excluding hydrogens is 402 g/mol. The number of hydrogen-bond acceptors (Lipinski definition) is 5. The van der Waals surface area contributed by atoms with Gasteiger partial charge in [-0.15, -0.1) is 0 Å². The van der Waals surface area contributed by atoms with Gasteiger partial charge in [-0.3, -0.25) is 4.79 Å². The Labute approximate surface area is 169 Å². The van der Waals surface area contributed by atoms with E-state index in [1.165, 1.54) is 4.90 Å². The van der Waals surface area contributed by atoms with Crippen LogP contribution in [0.25, 0.3) is 0 Å². The highest BCUT2D eigenvalue weighted by molar-refractivity contribution is 7.91. The summed E-state index contributed by atoms with van der Waals surface area (Å²) in [6, 6.07) is 12.4. The van der Waals surface area contributed by atoms with Gasteiger partial charge in [0.05, 0.1) is 29.7 Å². The first-order valence-corrected chi connectivity index (χ1v) is 11.1. The molecule has 1 atom stereocenters. The van der Waals surface area contributed by atoms with Crippen LogP contribution in [0, 0.1) is 0 Å². The second-order valence-corrected chi connectivity index (χ2v) is 9.17. The molecule has 0 N–H and O–H groups in total. The van der Waals surface area contributed by atoms with Crippen molar-refractivity contribution in [2.24, 2.45) is 0 Å². The lowest BCUT2D eigenvalue weighted by Crippen LogP contribution is -2.41. The van der Waals surface area contributed by atoms with Gasteiger partial charge in [0, 0.05) is 16.3 Å². The second-order valence-electron chi connectivity index (χ2n) is 6.51. The first kappa shape index (κ1) is 20.4. The maximum absolute atomic E-state index is 13.2. The summed E-state index contributed by atoms with van der Waals surface area (Å²) in [6.07, 6.45) is 0.362. The Kier molecular flexibility index (Phi) is 6.05. The van der Waals surface area contributed by atoms with Crippen LogP contribution < -0.4 is 4.90 Å². The fourth-order valence-corrected chi connectivity index (χ4v) is 5.00. The van der Waals surface area contributed by atoms with Gasteiger partial charge in [-0.1, -0.05) is 11.6 Å². The number of anilines is 1. The van der Waals surface area contributed by atoms with Crippen LogP contribution in [0.15, 0.2) is 48.5 Å². The van der Waals surface area contributed by atoms with Crippen molar-refractivity contribution in [1.29, 1.82) is 0 Å². The summed E-state index contributed by atoms with van der Waals surface area (Å²) in [5.41, 5.74) is 1.29. The molecule has 6 nitrogen and oxygen atoms in total. The highest BCUT2D eigenvalue weighted by atomic mass is 35.5. The molecule has 1 unspecified atom stereocenters. The Balaban J connectivity index is 1.95. The van der Waals surface area contributed by atoms with Crippen LogP contribution >= 0.6 is 11.6 Å². The van der Waals surface area contributed by atoms with E-state index in [0.29, 0.717) is 28.3 Å². The predicted molar refractivity (Wildman–Crippen MR) is 108 cm³/mol. The van der Waals surface area contributed by atoms with Crippen molar-refractivity contribution < 1.29 is 22.7 Å². The van der Waals surface area contributed by atoms with E-state index < -0.39 is 21.8 Å². The van der Waals surface area contributed by atoms with Crippen LogP contribution in [-0.4, -0.2) is 44.4 Å². The van der Waals surface area contributed by atoms with Crippen molar-refractivity contribution in [1.82, 2.24) is 0 Å². The number of carbonyl (C=O) groups is 2. The maximum Gasteiger partial charge on any atom is 0.338 e. The van der Waals surface area contributed by atoms with Gasteiger partial charge in [-0.25, -0.2) is 13.2 Å². The molecule has 1 aliphatic rings. The van der Waals surface area contributed by atoms with Gasteiger partial charge in [0.2, 0.25) is 0 Å².